The SMILES string of the molecule is CC1(C)CCC(=O)NC12CN(C(=O)OCc1ccccc1)C2. The summed E-state index contributed by atoms with van der Waals surface area (Å²) in [4.78, 5) is 25.5. The van der Waals surface area contributed by atoms with Gasteiger partial charge in [0.15, 0.2) is 0 Å². The van der Waals surface area contributed by atoms with Crippen molar-refractivity contribution in [3.63, 3.8) is 0 Å². The maximum absolute atomic E-state index is 12.1. The van der Waals surface area contributed by atoms with Crippen LogP contribution in [-0.4, -0.2) is 35.5 Å². The predicted molar refractivity (Wildman–Crippen MR) is 82.1 cm³/mol. The zero-order valence-electron chi connectivity index (χ0n) is 13.1. The fourth-order valence-corrected chi connectivity index (χ4v) is 3.22. The van der Waals surface area contributed by atoms with Crippen LogP contribution in [0.5, 0.6) is 0 Å². The Morgan fingerprint density at radius 1 is 1.27 bits per heavy atom. The average Bonchev–Trinajstić information content (AvgIpc) is 2.46. The van der Waals surface area contributed by atoms with Crippen molar-refractivity contribution in [2.24, 2.45) is 5.41 Å². The molecule has 0 bridgehead atoms. The number of amides is 2. The molecule has 1 aromatic carbocycles. The van der Waals surface area contributed by atoms with Crippen LogP contribution in [0.3, 0.4) is 0 Å². The zero-order chi connectivity index (χ0) is 15.8. The molecular formula is C17H22N2O3. The molecule has 0 atom stereocenters. The molecule has 5 heteroatoms. The van der Waals surface area contributed by atoms with Crippen molar-refractivity contribution in [3.8, 4) is 0 Å². The molecule has 0 radical (unpaired) electrons. The molecule has 118 valence electrons. The van der Waals surface area contributed by atoms with Crippen molar-refractivity contribution in [1.29, 1.82) is 0 Å². The summed E-state index contributed by atoms with van der Waals surface area (Å²) in [5.41, 5.74) is 0.669. The van der Waals surface area contributed by atoms with Gasteiger partial charge >= 0.3 is 6.09 Å². The second kappa shape index (κ2) is 5.30. The van der Waals surface area contributed by atoms with Crippen LogP contribution in [0.15, 0.2) is 30.3 Å². The molecule has 0 aromatic heterocycles. The second-order valence-electron chi connectivity index (χ2n) is 6.91. The van der Waals surface area contributed by atoms with Crippen molar-refractivity contribution in [2.75, 3.05) is 13.1 Å². The average molecular weight is 302 g/mol. The van der Waals surface area contributed by atoms with E-state index in [2.05, 4.69) is 19.2 Å². The molecule has 2 saturated heterocycles. The summed E-state index contributed by atoms with van der Waals surface area (Å²) in [6.07, 6.45) is 1.10. The monoisotopic (exact) mass is 302 g/mol. The number of ether oxygens (including phenoxy) is 1. The van der Waals surface area contributed by atoms with Crippen LogP contribution in [0.25, 0.3) is 0 Å². The molecule has 22 heavy (non-hydrogen) atoms. The van der Waals surface area contributed by atoms with Crippen LogP contribution in [-0.2, 0) is 16.1 Å². The van der Waals surface area contributed by atoms with Crippen LogP contribution in [0.1, 0.15) is 32.3 Å². The van der Waals surface area contributed by atoms with Gasteiger partial charge in [0.1, 0.15) is 6.61 Å². The lowest BCUT2D eigenvalue weighted by Crippen LogP contribution is -2.78. The van der Waals surface area contributed by atoms with Crippen molar-refractivity contribution in [2.45, 2.75) is 38.8 Å². The molecule has 2 heterocycles. The lowest BCUT2D eigenvalue weighted by Gasteiger charge is -2.59. The lowest BCUT2D eigenvalue weighted by molar-refractivity contribution is -0.137. The molecule has 5 nitrogen and oxygen atoms in total. The summed E-state index contributed by atoms with van der Waals surface area (Å²) in [5.74, 6) is 0.0802. The minimum Gasteiger partial charge on any atom is -0.445 e. The summed E-state index contributed by atoms with van der Waals surface area (Å²) in [6, 6.07) is 9.62. The topological polar surface area (TPSA) is 58.6 Å². The number of benzene rings is 1. The lowest BCUT2D eigenvalue weighted by atomic mass is 9.63. The Kier molecular flexibility index (Phi) is 3.59. The minimum atomic E-state index is -0.315. The Bertz CT molecular complexity index is 577. The van der Waals surface area contributed by atoms with Gasteiger partial charge in [0.25, 0.3) is 0 Å². The summed E-state index contributed by atoms with van der Waals surface area (Å²) in [5, 5.41) is 3.09. The number of nitrogens with one attached hydrogen (secondary N) is 1. The molecule has 2 amide bonds. The molecule has 2 aliphatic heterocycles. The predicted octanol–water partition coefficient (Wildman–Crippen LogP) is 2.31. The highest BCUT2D eigenvalue weighted by Gasteiger charge is 2.57. The summed E-state index contributed by atoms with van der Waals surface area (Å²) >= 11 is 0. The third-order valence-corrected chi connectivity index (χ3v) is 5.04. The molecular weight excluding hydrogens is 280 g/mol. The van der Waals surface area contributed by atoms with Gasteiger partial charge in [-0.3, -0.25) is 4.79 Å². The van der Waals surface area contributed by atoms with E-state index in [0.29, 0.717) is 19.5 Å². The van der Waals surface area contributed by atoms with E-state index in [4.69, 9.17) is 4.74 Å². The number of carbonyl (C=O) groups is 2. The number of hydrogen-bond acceptors (Lipinski definition) is 3. The van der Waals surface area contributed by atoms with E-state index < -0.39 is 0 Å². The largest absolute Gasteiger partial charge is 0.445 e. The van der Waals surface area contributed by atoms with Gasteiger partial charge in [0.05, 0.1) is 5.54 Å². The van der Waals surface area contributed by atoms with E-state index >= 15 is 0 Å². The fraction of sp³-hybridized carbons (Fsp3) is 0.529. The zero-order valence-corrected chi connectivity index (χ0v) is 13.1. The standard InChI is InChI=1S/C17H22N2O3/c1-16(2)9-8-14(20)18-17(16)11-19(12-17)15(21)22-10-13-6-4-3-5-7-13/h3-7H,8-12H2,1-2H3,(H,18,20). The van der Waals surface area contributed by atoms with Crippen LogP contribution in [0.2, 0.25) is 0 Å². The maximum atomic E-state index is 12.1. The first-order valence-electron chi connectivity index (χ1n) is 7.69. The number of carbonyl (C=O) groups excluding carboxylic acids is 2. The Labute approximate surface area is 130 Å². The Hall–Kier alpha value is -2.04. The smallest absolute Gasteiger partial charge is 0.410 e. The molecule has 2 aliphatic rings. The summed E-state index contributed by atoms with van der Waals surface area (Å²) < 4.78 is 5.34. The minimum absolute atomic E-state index is 0.00286. The number of rotatable bonds is 2. The maximum Gasteiger partial charge on any atom is 0.410 e. The van der Waals surface area contributed by atoms with Gasteiger partial charge < -0.3 is 15.0 Å². The van der Waals surface area contributed by atoms with E-state index in [0.717, 1.165) is 12.0 Å². The Balaban J connectivity index is 1.56. The molecule has 0 aliphatic carbocycles. The van der Waals surface area contributed by atoms with Gasteiger partial charge in [-0.25, -0.2) is 4.79 Å². The summed E-state index contributed by atoms with van der Waals surface area (Å²) in [6.45, 7) is 5.63. The van der Waals surface area contributed by atoms with Crippen molar-refractivity contribution < 1.29 is 14.3 Å². The number of piperidine rings is 1. The highest BCUT2D eigenvalue weighted by molar-refractivity contribution is 5.79. The quantitative estimate of drug-likeness (QED) is 0.912. The third kappa shape index (κ3) is 2.56. The molecule has 0 saturated carbocycles. The van der Waals surface area contributed by atoms with Crippen LogP contribution in [0, 0.1) is 5.41 Å². The van der Waals surface area contributed by atoms with E-state index in [9.17, 15) is 9.59 Å². The van der Waals surface area contributed by atoms with Gasteiger partial charge in [-0.05, 0) is 17.4 Å². The van der Waals surface area contributed by atoms with E-state index in [1.54, 1.807) is 4.90 Å². The highest BCUT2D eigenvalue weighted by atomic mass is 16.6. The Morgan fingerprint density at radius 2 is 1.95 bits per heavy atom. The number of likely N-dealkylation sites (tertiary alicyclic amines) is 1. The first kappa shape index (κ1) is 14.9. The number of hydrogen-bond donors (Lipinski definition) is 1. The van der Waals surface area contributed by atoms with Crippen LogP contribution >= 0.6 is 0 Å². The van der Waals surface area contributed by atoms with Crippen molar-refractivity contribution in [3.05, 3.63) is 35.9 Å². The molecule has 1 aromatic rings. The van der Waals surface area contributed by atoms with Crippen LogP contribution < -0.4 is 5.32 Å². The highest BCUT2D eigenvalue weighted by Crippen LogP contribution is 2.44. The molecule has 3 rings (SSSR count). The van der Waals surface area contributed by atoms with Gasteiger partial charge in [-0.1, -0.05) is 44.2 Å². The first-order valence-corrected chi connectivity index (χ1v) is 7.69. The van der Waals surface area contributed by atoms with Crippen molar-refractivity contribution in [1.82, 2.24) is 10.2 Å². The first-order chi connectivity index (χ1) is 10.4. The van der Waals surface area contributed by atoms with E-state index in [-0.39, 0.29) is 29.6 Å². The molecule has 2 fully saturated rings. The fourth-order valence-electron chi connectivity index (χ4n) is 3.22. The van der Waals surface area contributed by atoms with Gasteiger partial charge in [0, 0.05) is 19.5 Å². The third-order valence-electron chi connectivity index (χ3n) is 5.04. The van der Waals surface area contributed by atoms with E-state index in [1.807, 2.05) is 30.3 Å². The second-order valence-corrected chi connectivity index (χ2v) is 6.91. The molecule has 1 N–H and O–H groups in total. The number of nitrogens with zero attached hydrogens (tertiary/aromatic N) is 1. The molecule has 0 unspecified atom stereocenters. The van der Waals surface area contributed by atoms with Gasteiger partial charge in [-0.15, -0.1) is 0 Å². The normalized spacial score (nSPS) is 21.9. The van der Waals surface area contributed by atoms with E-state index in [1.165, 1.54) is 0 Å². The molecule has 1 spiro atoms. The Morgan fingerprint density at radius 3 is 2.64 bits per heavy atom. The van der Waals surface area contributed by atoms with Crippen LogP contribution in [0.4, 0.5) is 4.79 Å². The van der Waals surface area contributed by atoms with Gasteiger partial charge in [-0.2, -0.15) is 0 Å². The van der Waals surface area contributed by atoms with Gasteiger partial charge in [0.2, 0.25) is 5.91 Å². The van der Waals surface area contributed by atoms with Crippen molar-refractivity contribution >= 4 is 12.0 Å². The summed E-state index contributed by atoms with van der Waals surface area (Å²) in [7, 11) is 0.